The molecule has 2 aromatic rings. The van der Waals surface area contributed by atoms with Crippen molar-refractivity contribution in [3.63, 3.8) is 0 Å². The Morgan fingerprint density at radius 2 is 1.78 bits per heavy atom. The lowest BCUT2D eigenvalue weighted by atomic mass is 10.2. The molecule has 0 radical (unpaired) electrons. The van der Waals surface area contributed by atoms with Crippen LogP contribution in [0.4, 0.5) is 0 Å². The van der Waals surface area contributed by atoms with Gasteiger partial charge in [0.05, 0.1) is 10.2 Å². The van der Waals surface area contributed by atoms with Crippen LogP contribution in [0, 0.1) is 10.5 Å². The molecular formula is C18H19IO4. The fraction of sp³-hybridized carbons (Fsp3) is 0.278. The van der Waals surface area contributed by atoms with Crippen molar-refractivity contribution in [2.45, 2.75) is 13.8 Å². The zero-order valence-electron chi connectivity index (χ0n) is 13.2. The Kier molecular flexibility index (Phi) is 6.70. The van der Waals surface area contributed by atoms with Gasteiger partial charge in [-0.3, -0.25) is 4.79 Å². The number of carbonyl (C=O) groups excluding carboxylic acids is 1. The average molecular weight is 426 g/mol. The summed E-state index contributed by atoms with van der Waals surface area (Å²) in [6.45, 7) is 5.23. The molecule has 0 fully saturated rings. The summed E-state index contributed by atoms with van der Waals surface area (Å²) in [6.07, 6.45) is 0.801. The normalized spacial score (nSPS) is 10.2. The van der Waals surface area contributed by atoms with Gasteiger partial charge in [0.1, 0.15) is 25.2 Å². The van der Waals surface area contributed by atoms with Crippen LogP contribution in [0.15, 0.2) is 36.4 Å². The fourth-order valence-electron chi connectivity index (χ4n) is 2.07. The number of rotatable bonds is 8. The molecule has 2 rings (SSSR count). The highest BCUT2D eigenvalue weighted by atomic mass is 127. The van der Waals surface area contributed by atoms with Crippen molar-refractivity contribution < 1.29 is 19.0 Å². The maximum Gasteiger partial charge on any atom is 0.174 e. The van der Waals surface area contributed by atoms with Gasteiger partial charge in [0.15, 0.2) is 11.5 Å². The van der Waals surface area contributed by atoms with E-state index in [1.54, 1.807) is 12.1 Å². The zero-order valence-corrected chi connectivity index (χ0v) is 15.3. The van der Waals surface area contributed by atoms with Gasteiger partial charge in [-0.1, -0.05) is 18.2 Å². The number of aryl methyl sites for hydroxylation is 1. The third kappa shape index (κ3) is 4.86. The molecule has 0 saturated carbocycles. The summed E-state index contributed by atoms with van der Waals surface area (Å²) in [7, 11) is 0. The highest BCUT2D eigenvalue weighted by Gasteiger charge is 2.12. The lowest BCUT2D eigenvalue weighted by molar-refractivity contribution is 0.112. The minimum Gasteiger partial charge on any atom is -0.490 e. The maximum atomic E-state index is 11.0. The second kappa shape index (κ2) is 8.76. The van der Waals surface area contributed by atoms with Gasteiger partial charge in [0.25, 0.3) is 0 Å². The number of hydrogen-bond acceptors (Lipinski definition) is 4. The first-order valence-electron chi connectivity index (χ1n) is 7.38. The van der Waals surface area contributed by atoms with Gasteiger partial charge in [-0.2, -0.15) is 0 Å². The molecule has 0 atom stereocenters. The topological polar surface area (TPSA) is 44.8 Å². The van der Waals surface area contributed by atoms with E-state index >= 15 is 0 Å². The van der Waals surface area contributed by atoms with Crippen molar-refractivity contribution >= 4 is 28.9 Å². The van der Waals surface area contributed by atoms with Crippen LogP contribution in [0.1, 0.15) is 22.8 Å². The lowest BCUT2D eigenvalue weighted by Crippen LogP contribution is -2.11. The number of halogens is 1. The summed E-state index contributed by atoms with van der Waals surface area (Å²) >= 11 is 2.14. The third-order valence-corrected chi connectivity index (χ3v) is 3.95. The Bertz CT molecular complexity index is 670. The van der Waals surface area contributed by atoms with Gasteiger partial charge in [-0.05, 0) is 60.2 Å². The van der Waals surface area contributed by atoms with Crippen LogP contribution in [0.25, 0.3) is 0 Å². The second-order valence-corrected chi connectivity index (χ2v) is 6.01. The van der Waals surface area contributed by atoms with E-state index in [4.69, 9.17) is 14.2 Å². The third-order valence-electron chi connectivity index (χ3n) is 3.15. The molecule has 0 aromatic heterocycles. The summed E-state index contributed by atoms with van der Waals surface area (Å²) in [4.78, 5) is 11.0. The van der Waals surface area contributed by atoms with Crippen molar-refractivity contribution in [3.05, 3.63) is 51.1 Å². The summed E-state index contributed by atoms with van der Waals surface area (Å²) < 4.78 is 17.9. The van der Waals surface area contributed by atoms with Crippen LogP contribution in [0.2, 0.25) is 0 Å². The number of carbonyl (C=O) groups is 1. The number of hydrogen-bond donors (Lipinski definition) is 0. The Labute approximate surface area is 149 Å². The molecule has 0 amide bonds. The first kappa shape index (κ1) is 17.6. The second-order valence-electron chi connectivity index (χ2n) is 4.84. The van der Waals surface area contributed by atoms with Crippen LogP contribution in [0.5, 0.6) is 17.2 Å². The number of aldehydes is 1. The summed E-state index contributed by atoms with van der Waals surface area (Å²) in [5.74, 6) is 2.08. The van der Waals surface area contributed by atoms with E-state index in [0.717, 1.165) is 21.2 Å². The van der Waals surface area contributed by atoms with Crippen LogP contribution >= 0.6 is 22.6 Å². The molecule has 5 heteroatoms. The first-order valence-corrected chi connectivity index (χ1v) is 8.46. The monoisotopic (exact) mass is 426 g/mol. The van der Waals surface area contributed by atoms with Crippen molar-refractivity contribution in [1.29, 1.82) is 0 Å². The summed E-state index contributed by atoms with van der Waals surface area (Å²) in [5, 5.41) is 0. The molecule has 23 heavy (non-hydrogen) atoms. The molecule has 0 saturated heterocycles. The van der Waals surface area contributed by atoms with Crippen LogP contribution < -0.4 is 14.2 Å². The Morgan fingerprint density at radius 1 is 1.04 bits per heavy atom. The standard InChI is InChI=1S/C18H19IO4/c1-3-21-17-11-14(12-20)10-15(19)18(17)23-9-8-22-16-7-5-4-6-13(16)2/h4-7,10-12H,3,8-9H2,1-2H3. The van der Waals surface area contributed by atoms with E-state index < -0.39 is 0 Å². The van der Waals surface area contributed by atoms with E-state index in [1.165, 1.54) is 0 Å². The molecule has 0 unspecified atom stereocenters. The van der Waals surface area contributed by atoms with Gasteiger partial charge in [-0.25, -0.2) is 0 Å². The fourth-order valence-corrected chi connectivity index (χ4v) is 2.85. The quantitative estimate of drug-likeness (QED) is 0.360. The predicted octanol–water partition coefficient (Wildman–Crippen LogP) is 4.27. The maximum absolute atomic E-state index is 11.0. The molecule has 2 aromatic carbocycles. The van der Waals surface area contributed by atoms with Crippen molar-refractivity contribution in [3.8, 4) is 17.2 Å². The molecule has 0 heterocycles. The van der Waals surface area contributed by atoms with Gasteiger partial charge in [0.2, 0.25) is 0 Å². The Morgan fingerprint density at radius 3 is 2.48 bits per heavy atom. The van der Waals surface area contributed by atoms with Crippen molar-refractivity contribution in [2.75, 3.05) is 19.8 Å². The molecule has 4 nitrogen and oxygen atoms in total. The van der Waals surface area contributed by atoms with Crippen LogP contribution in [0.3, 0.4) is 0 Å². The number of benzene rings is 2. The summed E-state index contributed by atoms with van der Waals surface area (Å²) in [6, 6.07) is 11.3. The molecule has 0 aliphatic carbocycles. The van der Waals surface area contributed by atoms with Gasteiger partial charge in [-0.15, -0.1) is 0 Å². The smallest absolute Gasteiger partial charge is 0.174 e. The zero-order chi connectivity index (χ0) is 16.7. The summed E-state index contributed by atoms with van der Waals surface area (Å²) in [5.41, 5.74) is 1.66. The van der Waals surface area contributed by atoms with E-state index in [1.807, 2.05) is 38.1 Å². The molecule has 0 aliphatic rings. The minimum absolute atomic E-state index is 0.394. The van der Waals surface area contributed by atoms with E-state index in [0.29, 0.717) is 36.9 Å². The largest absolute Gasteiger partial charge is 0.490 e. The van der Waals surface area contributed by atoms with E-state index in [-0.39, 0.29) is 0 Å². The average Bonchev–Trinajstić information content (AvgIpc) is 2.55. The molecular weight excluding hydrogens is 407 g/mol. The van der Waals surface area contributed by atoms with Crippen molar-refractivity contribution in [2.24, 2.45) is 0 Å². The van der Waals surface area contributed by atoms with Gasteiger partial charge >= 0.3 is 0 Å². The minimum atomic E-state index is 0.394. The van der Waals surface area contributed by atoms with Crippen LogP contribution in [-0.2, 0) is 0 Å². The highest BCUT2D eigenvalue weighted by Crippen LogP contribution is 2.33. The van der Waals surface area contributed by atoms with Gasteiger partial charge < -0.3 is 14.2 Å². The van der Waals surface area contributed by atoms with E-state index in [2.05, 4.69) is 22.6 Å². The Balaban J connectivity index is 1.99. The van der Waals surface area contributed by atoms with E-state index in [9.17, 15) is 4.79 Å². The lowest BCUT2D eigenvalue weighted by Gasteiger charge is -2.15. The predicted molar refractivity (Wildman–Crippen MR) is 97.9 cm³/mol. The Hall–Kier alpha value is -1.76. The molecule has 0 spiro atoms. The molecule has 122 valence electrons. The highest BCUT2D eigenvalue weighted by molar-refractivity contribution is 14.1. The van der Waals surface area contributed by atoms with Gasteiger partial charge in [0, 0.05) is 5.56 Å². The van der Waals surface area contributed by atoms with Crippen LogP contribution in [-0.4, -0.2) is 26.1 Å². The number of para-hydroxylation sites is 1. The molecule has 0 aliphatic heterocycles. The molecule has 0 bridgehead atoms. The first-order chi connectivity index (χ1) is 11.2. The number of ether oxygens (including phenoxy) is 3. The SMILES string of the molecule is CCOc1cc(C=O)cc(I)c1OCCOc1ccccc1C. The van der Waals surface area contributed by atoms with Crippen molar-refractivity contribution in [1.82, 2.24) is 0 Å². The molecule has 0 N–H and O–H groups in total.